The van der Waals surface area contributed by atoms with Gasteiger partial charge in [0.1, 0.15) is 4.90 Å². The van der Waals surface area contributed by atoms with Crippen molar-refractivity contribution in [1.29, 1.82) is 0 Å². The first-order valence-electron chi connectivity index (χ1n) is 7.83. The predicted molar refractivity (Wildman–Crippen MR) is 106 cm³/mol. The number of hydrogen-bond acceptors (Lipinski definition) is 3. The van der Waals surface area contributed by atoms with Crippen molar-refractivity contribution in [3.63, 3.8) is 0 Å². The second kappa shape index (κ2) is 7.31. The number of halogens is 2. The van der Waals surface area contributed by atoms with E-state index >= 15 is 0 Å². The molecular formula is C20H16Cl2O3S. The zero-order valence-corrected chi connectivity index (χ0v) is 16.5. The van der Waals surface area contributed by atoms with Gasteiger partial charge in [-0.1, -0.05) is 53.0 Å². The van der Waals surface area contributed by atoms with E-state index in [2.05, 4.69) is 0 Å². The summed E-state index contributed by atoms with van der Waals surface area (Å²) in [7, 11) is -3.95. The lowest BCUT2D eigenvalue weighted by Crippen LogP contribution is -2.10. The summed E-state index contributed by atoms with van der Waals surface area (Å²) in [6, 6.07) is 17.0. The normalized spacial score (nSPS) is 11.4. The van der Waals surface area contributed by atoms with Gasteiger partial charge in [0.2, 0.25) is 0 Å². The van der Waals surface area contributed by atoms with Crippen molar-refractivity contribution in [3.05, 3.63) is 81.8 Å². The summed E-state index contributed by atoms with van der Waals surface area (Å²) in [5.41, 5.74) is 3.77. The lowest BCUT2D eigenvalue weighted by atomic mass is 10.0. The minimum atomic E-state index is -3.95. The minimum Gasteiger partial charge on any atom is -0.377 e. The third-order valence-corrected chi connectivity index (χ3v) is 5.72. The third kappa shape index (κ3) is 4.04. The Morgan fingerprint density at radius 2 is 1.54 bits per heavy atom. The van der Waals surface area contributed by atoms with Gasteiger partial charge in [-0.15, -0.1) is 0 Å². The highest BCUT2D eigenvalue weighted by Crippen LogP contribution is 2.34. The second-order valence-electron chi connectivity index (χ2n) is 5.95. The van der Waals surface area contributed by atoms with Crippen LogP contribution in [-0.4, -0.2) is 8.42 Å². The summed E-state index contributed by atoms with van der Waals surface area (Å²) >= 11 is 12.3. The van der Waals surface area contributed by atoms with Crippen LogP contribution >= 0.6 is 23.2 Å². The first-order chi connectivity index (χ1) is 12.3. The molecule has 0 heterocycles. The largest absolute Gasteiger partial charge is 0.377 e. The van der Waals surface area contributed by atoms with Crippen LogP contribution < -0.4 is 4.18 Å². The molecule has 0 atom stereocenters. The van der Waals surface area contributed by atoms with Crippen LogP contribution in [0.25, 0.3) is 11.1 Å². The molecule has 0 amide bonds. The molecule has 0 spiro atoms. The molecule has 0 aromatic heterocycles. The average molecular weight is 407 g/mol. The molecule has 3 nitrogen and oxygen atoms in total. The molecule has 0 aliphatic heterocycles. The molecule has 6 heteroatoms. The summed E-state index contributed by atoms with van der Waals surface area (Å²) in [5, 5.41) is 0.869. The predicted octanol–water partition coefficient (Wildman–Crippen LogP) is 6.04. The molecule has 0 fully saturated rings. The summed E-state index contributed by atoms with van der Waals surface area (Å²) < 4.78 is 30.1. The van der Waals surface area contributed by atoms with E-state index in [-0.39, 0.29) is 15.7 Å². The Bertz CT molecular complexity index is 1060. The second-order valence-corrected chi connectivity index (χ2v) is 8.34. The number of aryl methyl sites for hydroxylation is 2. The molecule has 0 bridgehead atoms. The molecule has 0 unspecified atom stereocenters. The van der Waals surface area contributed by atoms with Crippen molar-refractivity contribution in [2.45, 2.75) is 18.7 Å². The Hall–Kier alpha value is -2.01. The summed E-state index contributed by atoms with van der Waals surface area (Å²) in [5.74, 6) is 0.0857. The highest BCUT2D eigenvalue weighted by Gasteiger charge is 2.18. The first kappa shape index (κ1) is 18.8. The Morgan fingerprint density at radius 3 is 2.15 bits per heavy atom. The highest BCUT2D eigenvalue weighted by molar-refractivity contribution is 7.87. The fourth-order valence-electron chi connectivity index (χ4n) is 2.56. The fraction of sp³-hybridized carbons (Fsp3) is 0.100. The Kier molecular flexibility index (Phi) is 5.28. The van der Waals surface area contributed by atoms with E-state index in [1.807, 2.05) is 26.0 Å². The van der Waals surface area contributed by atoms with Gasteiger partial charge in [0.25, 0.3) is 0 Å². The quantitative estimate of drug-likeness (QED) is 0.495. The minimum absolute atomic E-state index is 0.0804. The average Bonchev–Trinajstić information content (AvgIpc) is 2.57. The van der Waals surface area contributed by atoms with Crippen LogP contribution in [0.15, 0.2) is 65.6 Å². The van der Waals surface area contributed by atoms with Gasteiger partial charge in [-0.05, 0) is 66.9 Å². The van der Waals surface area contributed by atoms with Crippen molar-refractivity contribution in [2.24, 2.45) is 0 Å². The van der Waals surface area contributed by atoms with E-state index in [9.17, 15) is 8.42 Å². The molecule has 3 rings (SSSR count). The van der Waals surface area contributed by atoms with Crippen molar-refractivity contribution >= 4 is 33.3 Å². The van der Waals surface area contributed by atoms with Gasteiger partial charge in [-0.25, -0.2) is 0 Å². The molecule has 0 N–H and O–H groups in total. The maximum absolute atomic E-state index is 12.4. The topological polar surface area (TPSA) is 43.4 Å². The summed E-state index contributed by atoms with van der Waals surface area (Å²) in [4.78, 5) is 0.0804. The van der Waals surface area contributed by atoms with Crippen LogP contribution in [0.4, 0.5) is 0 Å². The monoisotopic (exact) mass is 406 g/mol. The van der Waals surface area contributed by atoms with Crippen LogP contribution in [-0.2, 0) is 10.1 Å². The van der Waals surface area contributed by atoms with E-state index in [1.54, 1.807) is 36.4 Å². The number of hydrogen-bond donors (Lipinski definition) is 0. The van der Waals surface area contributed by atoms with Crippen molar-refractivity contribution in [3.8, 4) is 16.9 Å². The zero-order valence-electron chi connectivity index (χ0n) is 14.2. The molecule has 0 radical (unpaired) electrons. The SMILES string of the molecule is Cc1ccc(S(=O)(=O)Oc2ccc(-c3ccc(Cl)cc3C)cc2Cl)cc1. The van der Waals surface area contributed by atoms with Crippen LogP contribution in [0.1, 0.15) is 11.1 Å². The van der Waals surface area contributed by atoms with Crippen LogP contribution in [0.5, 0.6) is 5.75 Å². The molecule has 26 heavy (non-hydrogen) atoms. The Morgan fingerprint density at radius 1 is 0.846 bits per heavy atom. The fourth-order valence-corrected chi connectivity index (χ4v) is 4.00. The van der Waals surface area contributed by atoms with Gasteiger partial charge < -0.3 is 4.18 Å². The maximum Gasteiger partial charge on any atom is 0.339 e. The Balaban J connectivity index is 1.91. The molecular weight excluding hydrogens is 391 g/mol. The highest BCUT2D eigenvalue weighted by atomic mass is 35.5. The summed E-state index contributed by atoms with van der Waals surface area (Å²) in [6.07, 6.45) is 0. The zero-order chi connectivity index (χ0) is 18.9. The Labute approximate surface area is 163 Å². The third-order valence-electron chi connectivity index (χ3n) is 3.94. The van der Waals surface area contributed by atoms with Gasteiger partial charge in [0, 0.05) is 5.02 Å². The maximum atomic E-state index is 12.4. The molecule has 0 saturated carbocycles. The van der Waals surface area contributed by atoms with Crippen molar-refractivity contribution in [2.75, 3.05) is 0 Å². The number of benzene rings is 3. The molecule has 0 aliphatic rings. The summed E-state index contributed by atoms with van der Waals surface area (Å²) in [6.45, 7) is 3.83. The van der Waals surface area contributed by atoms with Gasteiger partial charge in [-0.2, -0.15) is 8.42 Å². The van der Waals surface area contributed by atoms with E-state index < -0.39 is 10.1 Å². The van der Waals surface area contributed by atoms with E-state index in [1.165, 1.54) is 12.1 Å². The molecule has 3 aromatic carbocycles. The lowest BCUT2D eigenvalue weighted by molar-refractivity contribution is 0.486. The van der Waals surface area contributed by atoms with Gasteiger partial charge in [0.15, 0.2) is 5.75 Å². The molecule has 0 aliphatic carbocycles. The number of rotatable bonds is 4. The smallest absolute Gasteiger partial charge is 0.339 e. The van der Waals surface area contributed by atoms with Gasteiger partial charge >= 0.3 is 10.1 Å². The van der Waals surface area contributed by atoms with E-state index in [0.717, 1.165) is 22.3 Å². The van der Waals surface area contributed by atoms with Crippen LogP contribution in [0, 0.1) is 13.8 Å². The van der Waals surface area contributed by atoms with Crippen LogP contribution in [0.3, 0.4) is 0 Å². The van der Waals surface area contributed by atoms with Crippen molar-refractivity contribution < 1.29 is 12.6 Å². The van der Waals surface area contributed by atoms with Gasteiger partial charge in [0.05, 0.1) is 5.02 Å². The van der Waals surface area contributed by atoms with E-state index in [4.69, 9.17) is 27.4 Å². The van der Waals surface area contributed by atoms with Crippen molar-refractivity contribution in [1.82, 2.24) is 0 Å². The molecule has 134 valence electrons. The first-order valence-corrected chi connectivity index (χ1v) is 10.00. The van der Waals surface area contributed by atoms with Gasteiger partial charge in [-0.3, -0.25) is 0 Å². The van der Waals surface area contributed by atoms with Crippen LogP contribution in [0.2, 0.25) is 10.0 Å². The molecule has 3 aromatic rings. The standard InChI is InChI=1S/C20H16Cl2O3S/c1-13-3-7-17(8-4-13)26(23,24)25-20-10-5-15(12-19(20)22)18-9-6-16(21)11-14(18)2/h3-12H,1-2H3. The van der Waals surface area contributed by atoms with E-state index in [0.29, 0.717) is 5.02 Å². The lowest BCUT2D eigenvalue weighted by Gasteiger charge is -2.11. The molecule has 0 saturated heterocycles.